The van der Waals surface area contributed by atoms with E-state index in [1.807, 2.05) is 48.8 Å². The van der Waals surface area contributed by atoms with Gasteiger partial charge in [-0.3, -0.25) is 0 Å². The molecule has 6 nitrogen and oxygen atoms in total. The number of benzene rings is 2. The molecule has 1 fully saturated rings. The molecular weight excluding hydrogens is 452 g/mol. The van der Waals surface area contributed by atoms with Crippen LogP contribution in [-0.2, 0) is 9.47 Å². The third-order valence-corrected chi connectivity index (χ3v) is 7.31. The van der Waals surface area contributed by atoms with Crippen molar-refractivity contribution in [1.29, 1.82) is 0 Å². The Morgan fingerprint density at radius 2 is 1.11 bits per heavy atom. The summed E-state index contributed by atoms with van der Waals surface area (Å²) in [5.74, 6) is -0.655. The topological polar surface area (TPSA) is 65.4 Å². The quantitative estimate of drug-likeness (QED) is 0.586. The average molecular weight is 487 g/mol. The summed E-state index contributed by atoms with van der Waals surface area (Å²) in [6.07, 6.45) is 10.9. The van der Waals surface area contributed by atoms with Gasteiger partial charge in [-0.05, 0) is 35.4 Å². The number of aliphatic hydroxyl groups is 2. The van der Waals surface area contributed by atoms with Crippen LogP contribution in [-0.4, -0.2) is 62.9 Å². The zero-order chi connectivity index (χ0) is 25.1. The minimum atomic E-state index is -0.654. The molecule has 2 heterocycles. The second-order valence-corrected chi connectivity index (χ2v) is 9.42. The van der Waals surface area contributed by atoms with Gasteiger partial charge in [0.1, 0.15) is 0 Å². The fourth-order valence-corrected chi connectivity index (χ4v) is 5.26. The van der Waals surface area contributed by atoms with Crippen molar-refractivity contribution in [3.63, 3.8) is 0 Å². The lowest BCUT2D eigenvalue weighted by atomic mass is 9.67. The molecule has 1 saturated carbocycles. The number of ether oxygens (including phenoxy) is 2. The molecule has 0 unspecified atom stereocenters. The summed E-state index contributed by atoms with van der Waals surface area (Å²) in [6, 6.07) is 16.4. The molecule has 2 aliphatic heterocycles. The molecule has 0 atom stereocenters. The number of aliphatic hydroxyl groups excluding tert-OH is 2. The maximum absolute atomic E-state index is 11.1. The van der Waals surface area contributed by atoms with Crippen molar-refractivity contribution in [2.75, 3.05) is 50.3 Å². The zero-order valence-corrected chi connectivity index (χ0v) is 20.8. The van der Waals surface area contributed by atoms with Crippen LogP contribution in [0.25, 0.3) is 11.1 Å². The van der Waals surface area contributed by atoms with E-state index in [9.17, 15) is 10.2 Å². The Morgan fingerprint density at radius 3 is 1.53 bits per heavy atom. The van der Waals surface area contributed by atoms with Gasteiger partial charge in [-0.2, -0.15) is 0 Å². The van der Waals surface area contributed by atoms with E-state index in [0.29, 0.717) is 13.2 Å². The van der Waals surface area contributed by atoms with Crippen molar-refractivity contribution in [2.45, 2.75) is 12.2 Å². The summed E-state index contributed by atoms with van der Waals surface area (Å²) in [7, 11) is 3.41. The molecular formula is C30H34N2O4. The number of methoxy groups -OCH3 is 2. The molecule has 5 rings (SSSR count). The van der Waals surface area contributed by atoms with Gasteiger partial charge in [0.05, 0.1) is 25.4 Å². The third kappa shape index (κ3) is 4.65. The fraction of sp³-hybridized carbons (Fsp3) is 0.333. The van der Waals surface area contributed by atoms with Gasteiger partial charge in [-0.15, -0.1) is 0 Å². The lowest BCUT2D eigenvalue weighted by Crippen LogP contribution is -2.53. The van der Waals surface area contributed by atoms with Gasteiger partial charge < -0.3 is 29.5 Å². The first-order chi connectivity index (χ1) is 17.6. The summed E-state index contributed by atoms with van der Waals surface area (Å²) >= 11 is 0. The first kappa shape index (κ1) is 24.5. The number of fused-ring (bicyclic) bond motifs is 2. The second-order valence-electron chi connectivity index (χ2n) is 9.42. The number of allylic oxidation sites excluding steroid dienone is 4. The van der Waals surface area contributed by atoms with E-state index in [1.54, 1.807) is 14.2 Å². The summed E-state index contributed by atoms with van der Waals surface area (Å²) in [4.78, 5) is 4.33. The summed E-state index contributed by atoms with van der Waals surface area (Å²) < 4.78 is 10.5. The van der Waals surface area contributed by atoms with Gasteiger partial charge in [-0.1, -0.05) is 48.6 Å². The Morgan fingerprint density at radius 1 is 0.694 bits per heavy atom. The van der Waals surface area contributed by atoms with Crippen molar-refractivity contribution in [2.24, 2.45) is 11.8 Å². The van der Waals surface area contributed by atoms with Crippen molar-refractivity contribution in [1.82, 2.24) is 0 Å². The highest BCUT2D eigenvalue weighted by Gasteiger charge is 2.47. The number of hydrogen-bond donors (Lipinski definition) is 2. The van der Waals surface area contributed by atoms with Crippen LogP contribution in [0.15, 0.2) is 85.2 Å². The van der Waals surface area contributed by atoms with E-state index in [-0.39, 0.29) is 11.8 Å². The number of rotatable bonds is 8. The van der Waals surface area contributed by atoms with E-state index in [0.717, 1.165) is 46.7 Å². The average Bonchev–Trinajstić information content (AvgIpc) is 2.92. The molecule has 0 spiro atoms. The van der Waals surface area contributed by atoms with Crippen LogP contribution >= 0.6 is 0 Å². The number of hydrogen-bond acceptors (Lipinski definition) is 6. The Balaban J connectivity index is 1.36. The first-order valence-corrected chi connectivity index (χ1v) is 12.5. The highest BCUT2D eigenvalue weighted by atomic mass is 16.5. The largest absolute Gasteiger partial charge is 0.392 e. The molecule has 0 amide bonds. The van der Waals surface area contributed by atoms with Crippen LogP contribution in [0.4, 0.5) is 11.4 Å². The Bertz CT molecular complexity index is 1100. The molecule has 36 heavy (non-hydrogen) atoms. The minimum absolute atomic E-state index is 0.328. The SMILES string of the molecule is COCCN1C=CC(=CC2C(O)C(C=C3C=CN(CCOC)c4ccccc43)C2O)c2ccccc21. The van der Waals surface area contributed by atoms with Crippen LogP contribution in [0.5, 0.6) is 0 Å². The predicted octanol–water partition coefficient (Wildman–Crippen LogP) is 4.08. The predicted molar refractivity (Wildman–Crippen MR) is 145 cm³/mol. The van der Waals surface area contributed by atoms with Crippen LogP contribution in [0.3, 0.4) is 0 Å². The van der Waals surface area contributed by atoms with Gasteiger partial charge in [0.15, 0.2) is 0 Å². The highest BCUT2D eigenvalue weighted by molar-refractivity contribution is 5.87. The fourth-order valence-electron chi connectivity index (χ4n) is 5.26. The van der Waals surface area contributed by atoms with Gasteiger partial charge in [-0.25, -0.2) is 0 Å². The Hall–Kier alpha value is -3.16. The Kier molecular flexibility index (Phi) is 7.39. The molecule has 6 heteroatoms. The van der Waals surface area contributed by atoms with Crippen molar-refractivity contribution in [3.05, 3.63) is 96.4 Å². The standard InChI is InChI=1S/C30H34N2O4/c1-35-17-15-31-13-11-21(23-7-3-5-9-27(23)31)19-25-29(33)26(30(25)34)20-22-12-14-32(16-18-36-2)28-10-6-4-8-24(22)28/h3-14,19-20,25-26,29-30,33-34H,15-18H2,1-2H3. The molecule has 2 aromatic carbocycles. The smallest absolute Gasteiger partial charge is 0.0716 e. The van der Waals surface area contributed by atoms with Crippen molar-refractivity contribution < 1.29 is 19.7 Å². The molecule has 1 aliphatic carbocycles. The van der Waals surface area contributed by atoms with Gasteiger partial charge in [0.25, 0.3) is 0 Å². The minimum Gasteiger partial charge on any atom is -0.392 e. The molecule has 0 saturated heterocycles. The van der Waals surface area contributed by atoms with E-state index >= 15 is 0 Å². The maximum Gasteiger partial charge on any atom is 0.0716 e. The summed E-state index contributed by atoms with van der Waals surface area (Å²) in [6.45, 7) is 2.80. The lowest BCUT2D eigenvalue weighted by Gasteiger charge is -2.44. The van der Waals surface area contributed by atoms with E-state index in [2.05, 4.69) is 46.2 Å². The third-order valence-electron chi connectivity index (χ3n) is 7.31. The number of nitrogens with zero attached hydrogens (tertiary/aromatic N) is 2. The van der Waals surface area contributed by atoms with Gasteiger partial charge in [0, 0.05) is 74.0 Å². The molecule has 3 aliphatic rings. The molecule has 2 N–H and O–H groups in total. The molecule has 2 aromatic rings. The van der Waals surface area contributed by atoms with E-state index < -0.39 is 12.2 Å². The van der Waals surface area contributed by atoms with Crippen LogP contribution in [0.1, 0.15) is 11.1 Å². The highest BCUT2D eigenvalue weighted by Crippen LogP contribution is 2.43. The normalized spacial score (nSPS) is 26.8. The summed E-state index contributed by atoms with van der Waals surface area (Å²) in [5, 5.41) is 22.2. The lowest BCUT2D eigenvalue weighted by molar-refractivity contribution is -0.109. The summed E-state index contributed by atoms with van der Waals surface area (Å²) in [5.41, 5.74) is 6.44. The number of para-hydroxylation sites is 2. The van der Waals surface area contributed by atoms with Crippen LogP contribution in [0, 0.1) is 11.8 Å². The number of anilines is 2. The first-order valence-electron chi connectivity index (χ1n) is 12.5. The molecule has 0 radical (unpaired) electrons. The van der Waals surface area contributed by atoms with E-state index in [4.69, 9.17) is 9.47 Å². The Labute approximate surface area is 213 Å². The van der Waals surface area contributed by atoms with E-state index in [1.165, 1.54) is 0 Å². The second kappa shape index (κ2) is 10.8. The van der Waals surface area contributed by atoms with Gasteiger partial charge in [0.2, 0.25) is 0 Å². The molecule has 0 aromatic heterocycles. The zero-order valence-electron chi connectivity index (χ0n) is 20.8. The van der Waals surface area contributed by atoms with Gasteiger partial charge >= 0.3 is 0 Å². The van der Waals surface area contributed by atoms with Crippen LogP contribution in [0.2, 0.25) is 0 Å². The van der Waals surface area contributed by atoms with Crippen molar-refractivity contribution in [3.8, 4) is 0 Å². The molecule has 188 valence electrons. The monoisotopic (exact) mass is 486 g/mol. The van der Waals surface area contributed by atoms with Crippen molar-refractivity contribution >= 4 is 22.5 Å². The molecule has 0 bridgehead atoms. The van der Waals surface area contributed by atoms with Crippen LogP contribution < -0.4 is 9.80 Å². The maximum atomic E-state index is 11.1.